The summed E-state index contributed by atoms with van der Waals surface area (Å²) < 4.78 is 26.3. The molecule has 8 heteroatoms. The Morgan fingerprint density at radius 1 is 1.53 bits per heavy atom. The van der Waals surface area contributed by atoms with Gasteiger partial charge in [0.2, 0.25) is 0 Å². The van der Waals surface area contributed by atoms with E-state index in [1.165, 1.54) is 17.4 Å². The van der Waals surface area contributed by atoms with Gasteiger partial charge in [0.1, 0.15) is 4.21 Å². The van der Waals surface area contributed by atoms with Gasteiger partial charge in [-0.3, -0.25) is 0 Å². The minimum Gasteiger partial charge on any atom is -0.390 e. The lowest BCUT2D eigenvalue weighted by atomic mass is 10.2. The van der Waals surface area contributed by atoms with Crippen LogP contribution in [0.4, 0.5) is 0 Å². The van der Waals surface area contributed by atoms with Crippen LogP contribution in [0.25, 0.3) is 0 Å². The largest absolute Gasteiger partial charge is 0.390 e. The summed E-state index contributed by atoms with van der Waals surface area (Å²) in [4.78, 5) is 0. The number of hydrogen-bond donors (Lipinski definition) is 2. The zero-order valence-electron chi connectivity index (χ0n) is 9.13. The van der Waals surface area contributed by atoms with Gasteiger partial charge in [-0.15, -0.1) is 11.3 Å². The normalized spacial score (nSPS) is 25.6. The van der Waals surface area contributed by atoms with Gasteiger partial charge in [-0.05, 0) is 12.1 Å². The molecule has 1 aliphatic heterocycles. The molecule has 96 valence electrons. The average Bonchev–Trinajstić information content (AvgIpc) is 2.86. The molecule has 0 spiro atoms. The zero-order chi connectivity index (χ0) is 12.6. The van der Waals surface area contributed by atoms with Gasteiger partial charge in [0.25, 0.3) is 10.0 Å². The summed E-state index contributed by atoms with van der Waals surface area (Å²) in [6.45, 7) is 0.867. The highest BCUT2D eigenvalue weighted by Gasteiger charge is 2.36. The van der Waals surface area contributed by atoms with Crippen molar-refractivity contribution < 1.29 is 13.5 Å². The maximum Gasteiger partial charge on any atom is 0.252 e. The molecular weight excluding hydrogens is 284 g/mol. The predicted octanol–water partition coefficient (Wildman–Crippen LogP) is 0.355. The minimum absolute atomic E-state index is 0.198. The van der Waals surface area contributed by atoms with Crippen molar-refractivity contribution in [3.63, 3.8) is 0 Å². The second kappa shape index (κ2) is 4.83. The lowest BCUT2D eigenvalue weighted by Crippen LogP contribution is -2.43. The zero-order valence-corrected chi connectivity index (χ0v) is 11.5. The van der Waals surface area contributed by atoms with Crippen molar-refractivity contribution in [2.45, 2.75) is 16.4 Å². The third kappa shape index (κ3) is 2.49. The molecule has 5 nitrogen and oxygen atoms in total. The van der Waals surface area contributed by atoms with Gasteiger partial charge in [-0.1, -0.05) is 11.6 Å². The smallest absolute Gasteiger partial charge is 0.252 e. The molecule has 0 unspecified atom stereocenters. The van der Waals surface area contributed by atoms with Crippen molar-refractivity contribution >= 4 is 33.0 Å². The summed E-state index contributed by atoms with van der Waals surface area (Å²) in [6, 6.07) is 2.60. The first kappa shape index (κ1) is 13.3. The first-order valence-corrected chi connectivity index (χ1v) is 7.68. The van der Waals surface area contributed by atoms with Crippen molar-refractivity contribution in [3.05, 3.63) is 16.5 Å². The van der Waals surface area contributed by atoms with E-state index < -0.39 is 22.2 Å². The third-order valence-electron chi connectivity index (χ3n) is 2.80. The van der Waals surface area contributed by atoms with Crippen LogP contribution in [-0.2, 0) is 10.0 Å². The molecule has 1 fully saturated rings. The van der Waals surface area contributed by atoms with Crippen LogP contribution in [0.2, 0.25) is 4.34 Å². The number of nitrogens with one attached hydrogen (secondary N) is 1. The quantitative estimate of drug-likeness (QED) is 0.845. The summed E-state index contributed by atoms with van der Waals surface area (Å²) in [5, 5.41) is 12.6. The average molecular weight is 297 g/mol. The molecule has 2 rings (SSSR count). The van der Waals surface area contributed by atoms with Gasteiger partial charge in [-0.25, -0.2) is 8.42 Å². The van der Waals surface area contributed by atoms with E-state index >= 15 is 0 Å². The fourth-order valence-corrected chi connectivity index (χ4v) is 4.83. The van der Waals surface area contributed by atoms with Crippen molar-refractivity contribution in [1.29, 1.82) is 0 Å². The van der Waals surface area contributed by atoms with Crippen molar-refractivity contribution in [3.8, 4) is 0 Å². The summed E-state index contributed by atoms with van der Waals surface area (Å²) in [5.41, 5.74) is 0. The summed E-state index contributed by atoms with van der Waals surface area (Å²) in [5.74, 6) is 0. The van der Waals surface area contributed by atoms with E-state index in [0.717, 1.165) is 11.3 Å². The molecule has 0 saturated carbocycles. The van der Waals surface area contributed by atoms with Gasteiger partial charge in [0.05, 0.1) is 16.5 Å². The Balaban J connectivity index is 2.26. The highest BCUT2D eigenvalue weighted by atomic mass is 35.5. The van der Waals surface area contributed by atoms with Gasteiger partial charge in [0, 0.05) is 20.1 Å². The molecule has 1 aromatic heterocycles. The summed E-state index contributed by atoms with van der Waals surface area (Å²) in [6.07, 6.45) is -0.676. The van der Waals surface area contributed by atoms with Gasteiger partial charge >= 0.3 is 0 Å². The number of aliphatic hydroxyl groups is 1. The number of halogens is 1. The minimum atomic E-state index is -3.57. The monoisotopic (exact) mass is 296 g/mol. The van der Waals surface area contributed by atoms with Crippen LogP contribution in [-0.4, -0.2) is 50.1 Å². The number of β-amino-alcohol motifs (C(OH)–C–C–N with tert-alkyl or cyclic N) is 1. The number of aliphatic hydroxyl groups excluding tert-OH is 1. The summed E-state index contributed by atoms with van der Waals surface area (Å²) >= 11 is 6.75. The molecule has 0 bridgehead atoms. The number of likely N-dealkylation sites (N-methyl/N-ethyl adjacent to an activating group) is 1. The van der Waals surface area contributed by atoms with Gasteiger partial charge in [0.15, 0.2) is 0 Å². The Labute approximate surface area is 109 Å². The van der Waals surface area contributed by atoms with Crippen LogP contribution in [0.5, 0.6) is 0 Å². The van der Waals surface area contributed by atoms with Crippen LogP contribution >= 0.6 is 22.9 Å². The predicted molar refractivity (Wildman–Crippen MR) is 66.9 cm³/mol. The van der Waals surface area contributed by atoms with Crippen LogP contribution in [0.1, 0.15) is 0 Å². The maximum atomic E-state index is 12.2. The van der Waals surface area contributed by atoms with Crippen molar-refractivity contribution in [2.75, 3.05) is 20.1 Å². The number of hydrogen-bond acceptors (Lipinski definition) is 5. The van der Waals surface area contributed by atoms with E-state index in [4.69, 9.17) is 11.6 Å². The molecule has 2 atom stereocenters. The third-order valence-corrected chi connectivity index (χ3v) is 6.38. The molecule has 0 aliphatic carbocycles. The van der Waals surface area contributed by atoms with Crippen molar-refractivity contribution in [1.82, 2.24) is 9.62 Å². The van der Waals surface area contributed by atoms with Gasteiger partial charge < -0.3 is 10.4 Å². The Kier molecular flexibility index (Phi) is 3.77. The fraction of sp³-hybridized carbons (Fsp3) is 0.556. The van der Waals surface area contributed by atoms with E-state index in [1.54, 1.807) is 6.07 Å². The van der Waals surface area contributed by atoms with E-state index in [0.29, 0.717) is 17.4 Å². The summed E-state index contributed by atoms with van der Waals surface area (Å²) in [7, 11) is -2.09. The highest BCUT2D eigenvalue weighted by molar-refractivity contribution is 7.91. The molecule has 2 heterocycles. The second-order valence-corrected chi connectivity index (χ2v) is 7.81. The van der Waals surface area contributed by atoms with Crippen LogP contribution in [0, 0.1) is 0 Å². The Hall–Kier alpha value is -0.180. The lowest BCUT2D eigenvalue weighted by Gasteiger charge is -2.24. The Bertz CT molecular complexity index is 502. The van der Waals surface area contributed by atoms with E-state index in [-0.39, 0.29) is 4.21 Å². The van der Waals surface area contributed by atoms with Gasteiger partial charge in [-0.2, -0.15) is 4.31 Å². The second-order valence-electron chi connectivity index (χ2n) is 3.87. The Morgan fingerprint density at radius 3 is 2.71 bits per heavy atom. The topological polar surface area (TPSA) is 69.6 Å². The molecule has 0 aromatic carbocycles. The number of nitrogens with zero attached hydrogens (tertiary/aromatic N) is 1. The number of thiophene rings is 1. The van der Waals surface area contributed by atoms with Crippen molar-refractivity contribution in [2.24, 2.45) is 0 Å². The first-order valence-electron chi connectivity index (χ1n) is 5.05. The van der Waals surface area contributed by atoms with E-state index in [2.05, 4.69) is 5.32 Å². The van der Waals surface area contributed by atoms with Crippen LogP contribution in [0.15, 0.2) is 16.3 Å². The Morgan fingerprint density at radius 2 is 2.24 bits per heavy atom. The highest BCUT2D eigenvalue weighted by Crippen LogP contribution is 2.29. The maximum absolute atomic E-state index is 12.2. The standard InChI is InChI=1S/C9H13ClN2O3S2/c1-12(6-4-11-5-7(6)13)17(14,15)9-3-2-8(10)16-9/h2-3,6-7,11,13H,4-5H2,1H3/t6-,7-/m1/s1. The molecule has 2 N–H and O–H groups in total. The molecule has 0 radical (unpaired) electrons. The fourth-order valence-electron chi connectivity index (χ4n) is 1.78. The molecule has 17 heavy (non-hydrogen) atoms. The van der Waals surface area contributed by atoms with Crippen LogP contribution in [0.3, 0.4) is 0 Å². The number of rotatable bonds is 3. The molecule has 1 saturated heterocycles. The SMILES string of the molecule is CN([C@@H]1CNC[C@H]1O)S(=O)(=O)c1ccc(Cl)s1. The molecular formula is C9H13ClN2O3S2. The molecule has 1 aromatic rings. The number of sulfonamides is 1. The van der Waals surface area contributed by atoms with E-state index in [1.807, 2.05) is 0 Å². The molecule has 1 aliphatic rings. The lowest BCUT2D eigenvalue weighted by molar-refractivity contribution is 0.136. The van der Waals surface area contributed by atoms with E-state index in [9.17, 15) is 13.5 Å². The van der Waals surface area contributed by atoms with Crippen LogP contribution < -0.4 is 5.32 Å². The first-order chi connectivity index (χ1) is 7.93. The molecule has 0 amide bonds.